The van der Waals surface area contributed by atoms with Crippen molar-refractivity contribution in [3.8, 4) is 0 Å². The zero-order chi connectivity index (χ0) is 13.4. The van der Waals surface area contributed by atoms with Crippen molar-refractivity contribution in [2.75, 3.05) is 0 Å². The summed E-state index contributed by atoms with van der Waals surface area (Å²) in [6, 6.07) is 12.4. The average Bonchev–Trinajstić information content (AvgIpc) is 2.85. The summed E-state index contributed by atoms with van der Waals surface area (Å²) in [5, 5.41) is 0.757. The fraction of sp³-hybridized carbons (Fsp3) is 0.200. The number of rotatable bonds is 2. The highest BCUT2D eigenvalue weighted by Gasteiger charge is 2.17. The monoisotopic (exact) mass is 400 g/mol. The molecule has 4 heteroatoms. The highest BCUT2D eigenvalue weighted by Crippen LogP contribution is 2.37. The maximum Gasteiger partial charge on any atom is 0.0725 e. The molecule has 0 spiro atoms. The summed E-state index contributed by atoms with van der Waals surface area (Å²) in [4.78, 5) is 0.0963. The van der Waals surface area contributed by atoms with Crippen LogP contribution >= 0.6 is 43.5 Å². The molecule has 0 amide bonds. The number of alkyl halides is 1. The van der Waals surface area contributed by atoms with Gasteiger partial charge in [-0.1, -0.05) is 67.7 Å². The summed E-state index contributed by atoms with van der Waals surface area (Å²) in [5.41, 5.74) is 4.83. The SMILES string of the molecule is Clc1cc(Br)ccc1C(Br)c1ccc2c(c1)COC2. The van der Waals surface area contributed by atoms with Gasteiger partial charge in [0.05, 0.1) is 18.0 Å². The van der Waals surface area contributed by atoms with Gasteiger partial charge in [-0.15, -0.1) is 0 Å². The minimum atomic E-state index is 0.0963. The van der Waals surface area contributed by atoms with Crippen LogP contribution in [0.1, 0.15) is 27.1 Å². The van der Waals surface area contributed by atoms with Gasteiger partial charge >= 0.3 is 0 Å². The van der Waals surface area contributed by atoms with Crippen LogP contribution in [0.15, 0.2) is 40.9 Å². The first kappa shape index (κ1) is 13.6. The molecule has 0 N–H and O–H groups in total. The molecule has 2 aromatic rings. The Morgan fingerprint density at radius 1 is 1.05 bits per heavy atom. The Morgan fingerprint density at radius 3 is 2.63 bits per heavy atom. The summed E-state index contributed by atoms with van der Waals surface area (Å²) < 4.78 is 6.44. The first-order valence-electron chi connectivity index (χ1n) is 5.93. The number of fused-ring (bicyclic) bond motifs is 1. The number of hydrogen-bond donors (Lipinski definition) is 0. The second-order valence-electron chi connectivity index (χ2n) is 4.55. The summed E-state index contributed by atoms with van der Waals surface area (Å²) >= 11 is 13.5. The number of halogens is 3. The van der Waals surface area contributed by atoms with Crippen molar-refractivity contribution in [1.29, 1.82) is 0 Å². The minimum absolute atomic E-state index is 0.0963. The molecular formula is C15H11Br2ClO. The molecule has 1 nitrogen and oxygen atoms in total. The van der Waals surface area contributed by atoms with E-state index in [1.807, 2.05) is 18.2 Å². The van der Waals surface area contributed by atoms with Gasteiger partial charge in [0.2, 0.25) is 0 Å². The van der Waals surface area contributed by atoms with Crippen LogP contribution in [0.2, 0.25) is 5.02 Å². The molecule has 0 saturated carbocycles. The highest BCUT2D eigenvalue weighted by atomic mass is 79.9. The van der Waals surface area contributed by atoms with Crippen LogP contribution in [0, 0.1) is 0 Å². The zero-order valence-corrected chi connectivity index (χ0v) is 13.9. The van der Waals surface area contributed by atoms with E-state index in [4.69, 9.17) is 16.3 Å². The fourth-order valence-electron chi connectivity index (χ4n) is 2.24. The van der Waals surface area contributed by atoms with Gasteiger partial charge in [-0.25, -0.2) is 0 Å². The molecule has 0 fully saturated rings. The first-order chi connectivity index (χ1) is 9.15. The Morgan fingerprint density at radius 2 is 1.84 bits per heavy atom. The van der Waals surface area contributed by atoms with E-state index in [1.54, 1.807) is 0 Å². The lowest BCUT2D eigenvalue weighted by Gasteiger charge is -2.14. The van der Waals surface area contributed by atoms with Crippen LogP contribution in [-0.4, -0.2) is 0 Å². The normalized spacial score (nSPS) is 15.3. The van der Waals surface area contributed by atoms with Crippen molar-refractivity contribution >= 4 is 43.5 Å². The standard InChI is InChI=1S/C15H11Br2ClO/c16-12-3-4-13(14(18)6-12)15(17)9-1-2-10-7-19-8-11(10)5-9/h1-6,15H,7-8H2. The van der Waals surface area contributed by atoms with Gasteiger partial charge in [-0.3, -0.25) is 0 Å². The predicted molar refractivity (Wildman–Crippen MR) is 84.9 cm³/mol. The van der Waals surface area contributed by atoms with Crippen molar-refractivity contribution in [3.05, 3.63) is 68.1 Å². The molecule has 3 rings (SSSR count). The van der Waals surface area contributed by atoms with E-state index in [-0.39, 0.29) is 4.83 Å². The van der Waals surface area contributed by atoms with Crippen LogP contribution < -0.4 is 0 Å². The lowest BCUT2D eigenvalue weighted by Crippen LogP contribution is -1.96. The predicted octanol–water partition coefficient (Wildman–Crippen LogP) is 5.62. The molecule has 0 aromatic heterocycles. The second-order valence-corrected chi connectivity index (χ2v) is 6.79. The molecule has 1 aliphatic heterocycles. The Hall–Kier alpha value is -0.350. The van der Waals surface area contributed by atoms with Crippen LogP contribution in [0.5, 0.6) is 0 Å². The third-order valence-corrected chi connectivity index (χ3v) is 5.12. The van der Waals surface area contributed by atoms with Gasteiger partial charge in [0, 0.05) is 9.50 Å². The van der Waals surface area contributed by atoms with Crippen LogP contribution in [0.3, 0.4) is 0 Å². The van der Waals surface area contributed by atoms with Gasteiger partial charge in [0.25, 0.3) is 0 Å². The lowest BCUT2D eigenvalue weighted by molar-refractivity contribution is 0.134. The minimum Gasteiger partial charge on any atom is -0.372 e. The largest absolute Gasteiger partial charge is 0.372 e. The van der Waals surface area contributed by atoms with Crippen molar-refractivity contribution in [2.24, 2.45) is 0 Å². The molecule has 2 aromatic carbocycles. The number of ether oxygens (including phenoxy) is 1. The Bertz CT molecular complexity index is 628. The topological polar surface area (TPSA) is 9.23 Å². The number of hydrogen-bond acceptors (Lipinski definition) is 1. The van der Waals surface area contributed by atoms with E-state index in [9.17, 15) is 0 Å². The maximum atomic E-state index is 6.31. The van der Waals surface area contributed by atoms with Gasteiger partial charge in [-0.05, 0) is 34.4 Å². The molecule has 0 saturated heterocycles. The molecule has 1 heterocycles. The summed E-state index contributed by atoms with van der Waals surface area (Å²) in [7, 11) is 0. The van der Waals surface area contributed by atoms with E-state index in [2.05, 4.69) is 50.1 Å². The van der Waals surface area contributed by atoms with Crippen molar-refractivity contribution < 1.29 is 4.74 Å². The third-order valence-electron chi connectivity index (χ3n) is 3.27. The Kier molecular flexibility index (Phi) is 3.99. The number of benzene rings is 2. The highest BCUT2D eigenvalue weighted by molar-refractivity contribution is 9.10. The van der Waals surface area contributed by atoms with E-state index < -0.39 is 0 Å². The fourth-order valence-corrected chi connectivity index (χ4v) is 3.83. The van der Waals surface area contributed by atoms with E-state index >= 15 is 0 Å². The molecule has 0 bridgehead atoms. The summed E-state index contributed by atoms with van der Waals surface area (Å²) in [6.07, 6.45) is 0. The smallest absolute Gasteiger partial charge is 0.0725 e. The quantitative estimate of drug-likeness (QED) is 0.593. The van der Waals surface area contributed by atoms with Crippen LogP contribution in [0.25, 0.3) is 0 Å². The van der Waals surface area contributed by atoms with Gasteiger partial charge in [-0.2, -0.15) is 0 Å². The van der Waals surface area contributed by atoms with E-state index in [1.165, 1.54) is 16.7 Å². The molecule has 1 aliphatic rings. The van der Waals surface area contributed by atoms with Crippen molar-refractivity contribution in [1.82, 2.24) is 0 Å². The first-order valence-corrected chi connectivity index (χ1v) is 8.02. The summed E-state index contributed by atoms with van der Waals surface area (Å²) in [5.74, 6) is 0. The molecule has 0 aliphatic carbocycles. The molecular weight excluding hydrogens is 391 g/mol. The third kappa shape index (κ3) is 2.75. The second kappa shape index (κ2) is 5.57. The zero-order valence-electron chi connectivity index (χ0n) is 10.00. The molecule has 0 radical (unpaired) electrons. The molecule has 1 unspecified atom stereocenters. The summed E-state index contributed by atoms with van der Waals surface area (Å²) in [6.45, 7) is 1.43. The van der Waals surface area contributed by atoms with Crippen molar-refractivity contribution in [3.63, 3.8) is 0 Å². The van der Waals surface area contributed by atoms with Crippen molar-refractivity contribution in [2.45, 2.75) is 18.0 Å². The molecule has 98 valence electrons. The lowest BCUT2D eigenvalue weighted by atomic mass is 10.0. The van der Waals surface area contributed by atoms with Crippen LogP contribution in [0.4, 0.5) is 0 Å². The van der Waals surface area contributed by atoms with Gasteiger partial charge in [0.15, 0.2) is 0 Å². The van der Waals surface area contributed by atoms with E-state index in [0.717, 1.165) is 21.7 Å². The molecule has 19 heavy (non-hydrogen) atoms. The molecule has 1 atom stereocenters. The Balaban J connectivity index is 1.97. The van der Waals surface area contributed by atoms with Gasteiger partial charge < -0.3 is 4.74 Å². The Labute approximate surface area is 134 Å². The van der Waals surface area contributed by atoms with E-state index in [0.29, 0.717) is 6.61 Å². The van der Waals surface area contributed by atoms with Crippen LogP contribution in [-0.2, 0) is 18.0 Å². The average molecular weight is 403 g/mol. The maximum absolute atomic E-state index is 6.31. The van der Waals surface area contributed by atoms with Gasteiger partial charge in [0.1, 0.15) is 0 Å².